The summed E-state index contributed by atoms with van der Waals surface area (Å²) in [6, 6.07) is 11.2. The molecule has 0 aliphatic carbocycles. The van der Waals surface area contributed by atoms with E-state index in [0.29, 0.717) is 11.1 Å². The molecule has 2 aromatic carbocycles. The number of halogens is 2. The molecular weight excluding hydrogens is 466 g/mol. The maximum Gasteiger partial charge on any atom is 0.326 e. The van der Waals surface area contributed by atoms with Crippen molar-refractivity contribution in [1.82, 2.24) is 5.32 Å². The van der Waals surface area contributed by atoms with Gasteiger partial charge in [0.05, 0.1) is 5.56 Å². The fourth-order valence-electron chi connectivity index (χ4n) is 2.10. The second-order valence-electron chi connectivity index (χ2n) is 5.75. The van der Waals surface area contributed by atoms with Crippen LogP contribution in [0.25, 0.3) is 0 Å². The first-order chi connectivity index (χ1) is 12.8. The van der Waals surface area contributed by atoms with E-state index in [9.17, 15) is 18.8 Å². The van der Waals surface area contributed by atoms with Crippen molar-refractivity contribution < 1.29 is 23.5 Å². The lowest BCUT2D eigenvalue weighted by Crippen LogP contribution is -2.36. The molecule has 0 aliphatic heterocycles. The number of esters is 1. The van der Waals surface area contributed by atoms with Crippen LogP contribution in [0.2, 0.25) is 0 Å². The Bertz CT molecular complexity index is 873. The van der Waals surface area contributed by atoms with Gasteiger partial charge in [0.15, 0.2) is 6.10 Å². The molecule has 0 heterocycles. The minimum atomic E-state index is -1.10. The predicted octanol–water partition coefficient (Wildman–Crippen LogP) is 3.04. The normalized spacial score (nSPS) is 11.4. The van der Waals surface area contributed by atoms with Crippen LogP contribution < -0.4 is 10.6 Å². The van der Waals surface area contributed by atoms with Gasteiger partial charge in [0.2, 0.25) is 0 Å². The lowest BCUT2D eigenvalue weighted by Gasteiger charge is -2.14. The first kappa shape index (κ1) is 20.8. The third-order valence-corrected chi connectivity index (χ3v) is 4.57. The van der Waals surface area contributed by atoms with Crippen molar-refractivity contribution in [3.8, 4) is 0 Å². The third kappa shape index (κ3) is 6.02. The topological polar surface area (TPSA) is 84.5 Å². The predicted molar refractivity (Wildman–Crippen MR) is 107 cm³/mol. The quantitative estimate of drug-likeness (QED) is 0.488. The first-order valence-corrected chi connectivity index (χ1v) is 9.15. The standard InChI is InChI=1S/C19H18FIN2O4/c1-11-7-8-13(9-15(11)20)23-18(25)12(2)27-17(24)10-22-19(26)14-5-3-4-6-16(14)21/h3-9,12H,10H2,1-2H3,(H,22,26)(H,23,25). The molecule has 27 heavy (non-hydrogen) atoms. The molecule has 1 atom stereocenters. The molecule has 0 saturated carbocycles. The van der Waals surface area contributed by atoms with Crippen LogP contribution >= 0.6 is 22.6 Å². The van der Waals surface area contributed by atoms with Gasteiger partial charge in [0.25, 0.3) is 11.8 Å². The first-order valence-electron chi connectivity index (χ1n) is 8.07. The number of amides is 2. The van der Waals surface area contributed by atoms with E-state index < -0.39 is 29.7 Å². The Morgan fingerprint density at radius 3 is 2.56 bits per heavy atom. The van der Waals surface area contributed by atoms with E-state index in [1.807, 2.05) is 22.6 Å². The zero-order valence-electron chi connectivity index (χ0n) is 14.7. The SMILES string of the molecule is Cc1ccc(NC(=O)C(C)OC(=O)CNC(=O)c2ccccc2I)cc1F. The minimum absolute atomic E-state index is 0.262. The molecule has 6 nitrogen and oxygen atoms in total. The summed E-state index contributed by atoms with van der Waals surface area (Å²) >= 11 is 2.02. The Morgan fingerprint density at radius 1 is 1.19 bits per heavy atom. The molecule has 2 rings (SSSR count). The van der Waals surface area contributed by atoms with Crippen molar-refractivity contribution in [2.75, 3.05) is 11.9 Å². The fraction of sp³-hybridized carbons (Fsp3) is 0.211. The molecule has 0 spiro atoms. The van der Waals surface area contributed by atoms with Gasteiger partial charge in [-0.15, -0.1) is 0 Å². The van der Waals surface area contributed by atoms with E-state index in [0.717, 1.165) is 3.57 Å². The van der Waals surface area contributed by atoms with Crippen LogP contribution in [0.4, 0.5) is 10.1 Å². The van der Waals surface area contributed by atoms with Crippen molar-refractivity contribution in [3.63, 3.8) is 0 Å². The smallest absolute Gasteiger partial charge is 0.326 e. The lowest BCUT2D eigenvalue weighted by molar-refractivity contribution is -0.152. The second-order valence-corrected chi connectivity index (χ2v) is 6.91. The lowest BCUT2D eigenvalue weighted by atomic mass is 10.2. The van der Waals surface area contributed by atoms with Gasteiger partial charge in [-0.05, 0) is 66.3 Å². The van der Waals surface area contributed by atoms with Crippen LogP contribution in [0.5, 0.6) is 0 Å². The van der Waals surface area contributed by atoms with Crippen LogP contribution in [0.15, 0.2) is 42.5 Å². The Kier molecular flexibility index (Phi) is 7.28. The minimum Gasteiger partial charge on any atom is -0.451 e. The molecule has 8 heteroatoms. The number of rotatable bonds is 6. The Hall–Kier alpha value is -2.49. The van der Waals surface area contributed by atoms with E-state index >= 15 is 0 Å². The van der Waals surface area contributed by atoms with Gasteiger partial charge in [0.1, 0.15) is 12.4 Å². The molecule has 0 fully saturated rings. The van der Waals surface area contributed by atoms with Gasteiger partial charge >= 0.3 is 5.97 Å². The van der Waals surface area contributed by atoms with Crippen molar-refractivity contribution >= 4 is 46.1 Å². The molecule has 0 radical (unpaired) electrons. The molecule has 0 saturated heterocycles. The maximum absolute atomic E-state index is 13.5. The highest BCUT2D eigenvalue weighted by molar-refractivity contribution is 14.1. The summed E-state index contributed by atoms with van der Waals surface area (Å²) in [7, 11) is 0. The number of anilines is 1. The fourth-order valence-corrected chi connectivity index (χ4v) is 2.73. The van der Waals surface area contributed by atoms with E-state index in [-0.39, 0.29) is 12.2 Å². The Morgan fingerprint density at radius 2 is 1.89 bits per heavy atom. The van der Waals surface area contributed by atoms with Crippen LogP contribution in [0, 0.1) is 16.3 Å². The van der Waals surface area contributed by atoms with Crippen molar-refractivity contribution in [3.05, 3.63) is 63.0 Å². The maximum atomic E-state index is 13.5. The second kappa shape index (κ2) is 9.45. The molecule has 1 unspecified atom stereocenters. The van der Waals surface area contributed by atoms with Gasteiger partial charge in [0, 0.05) is 9.26 Å². The van der Waals surface area contributed by atoms with Gasteiger partial charge in [-0.25, -0.2) is 4.39 Å². The molecule has 2 amide bonds. The highest BCUT2D eigenvalue weighted by Gasteiger charge is 2.19. The van der Waals surface area contributed by atoms with Crippen LogP contribution in [-0.2, 0) is 14.3 Å². The van der Waals surface area contributed by atoms with Crippen molar-refractivity contribution in [1.29, 1.82) is 0 Å². The number of carbonyl (C=O) groups excluding carboxylic acids is 3. The van der Waals surface area contributed by atoms with Crippen molar-refractivity contribution in [2.45, 2.75) is 20.0 Å². The van der Waals surface area contributed by atoms with Gasteiger partial charge < -0.3 is 15.4 Å². The zero-order chi connectivity index (χ0) is 20.0. The monoisotopic (exact) mass is 484 g/mol. The number of benzene rings is 2. The van der Waals surface area contributed by atoms with Crippen LogP contribution in [0.1, 0.15) is 22.8 Å². The van der Waals surface area contributed by atoms with Crippen molar-refractivity contribution in [2.24, 2.45) is 0 Å². The molecule has 0 aliphatic rings. The van der Waals surface area contributed by atoms with Gasteiger partial charge in [-0.1, -0.05) is 18.2 Å². The average molecular weight is 484 g/mol. The Labute approximate surface area is 169 Å². The summed E-state index contributed by atoms with van der Waals surface area (Å²) in [5.74, 6) is -2.22. The van der Waals surface area contributed by atoms with E-state index in [1.165, 1.54) is 19.1 Å². The average Bonchev–Trinajstić information content (AvgIpc) is 2.63. The molecule has 0 aromatic heterocycles. The van der Waals surface area contributed by atoms with E-state index in [2.05, 4.69) is 10.6 Å². The van der Waals surface area contributed by atoms with Gasteiger partial charge in [-0.3, -0.25) is 14.4 Å². The summed E-state index contributed by atoms with van der Waals surface area (Å²) in [4.78, 5) is 36.0. The van der Waals surface area contributed by atoms with Crippen LogP contribution in [0.3, 0.4) is 0 Å². The Balaban J connectivity index is 1.83. The number of carbonyl (C=O) groups is 3. The summed E-state index contributed by atoms with van der Waals surface area (Å²) < 4.78 is 19.3. The molecule has 2 N–H and O–H groups in total. The van der Waals surface area contributed by atoms with E-state index in [1.54, 1.807) is 37.3 Å². The molecule has 142 valence electrons. The van der Waals surface area contributed by atoms with Gasteiger partial charge in [-0.2, -0.15) is 0 Å². The number of hydrogen-bond acceptors (Lipinski definition) is 4. The van der Waals surface area contributed by atoms with Crippen LogP contribution in [-0.4, -0.2) is 30.4 Å². The highest BCUT2D eigenvalue weighted by Crippen LogP contribution is 2.14. The number of aryl methyl sites for hydroxylation is 1. The van der Waals surface area contributed by atoms with E-state index in [4.69, 9.17) is 4.74 Å². The summed E-state index contributed by atoms with van der Waals surface area (Å²) in [6.45, 7) is 2.62. The summed E-state index contributed by atoms with van der Waals surface area (Å²) in [5, 5.41) is 4.92. The highest BCUT2D eigenvalue weighted by atomic mass is 127. The number of ether oxygens (including phenoxy) is 1. The number of nitrogens with one attached hydrogen (secondary N) is 2. The number of hydrogen-bond donors (Lipinski definition) is 2. The molecule has 0 bridgehead atoms. The third-order valence-electron chi connectivity index (χ3n) is 3.63. The molecular formula is C19H18FIN2O4. The molecule has 2 aromatic rings. The summed E-state index contributed by atoms with van der Waals surface area (Å²) in [6.07, 6.45) is -1.10. The largest absolute Gasteiger partial charge is 0.451 e. The summed E-state index contributed by atoms with van der Waals surface area (Å²) in [5.41, 5.74) is 1.16. The zero-order valence-corrected chi connectivity index (χ0v) is 16.9.